The summed E-state index contributed by atoms with van der Waals surface area (Å²) in [4.78, 5) is 24.7. The lowest BCUT2D eigenvalue weighted by Gasteiger charge is -2.29. The fraction of sp³-hybridized carbons (Fsp3) is 0.844. The third-order valence-electron chi connectivity index (χ3n) is 6.89. The molecule has 0 bridgehead atoms. The average Bonchev–Trinajstić information content (AvgIpc) is 2.90. The summed E-state index contributed by atoms with van der Waals surface area (Å²) < 4.78 is 22.7. The van der Waals surface area contributed by atoms with Crippen LogP contribution < -0.4 is 10.2 Å². The number of likely N-dealkylation sites (N-methyl/N-ethyl adjacent to an activating group) is 1. The lowest BCUT2D eigenvalue weighted by Crippen LogP contribution is -2.45. The summed E-state index contributed by atoms with van der Waals surface area (Å²) in [6, 6.07) is -0.882. The number of amides is 1. The van der Waals surface area contributed by atoms with Gasteiger partial charge in [-0.1, -0.05) is 102 Å². The zero-order chi connectivity index (χ0) is 30.8. The number of carbonyl (C=O) groups excluding carboxylic acids is 1. The number of hydrogen-bond acceptors (Lipinski definition) is 6. The summed E-state index contributed by atoms with van der Waals surface area (Å²) in [5.74, 6) is -0.221. The lowest BCUT2D eigenvalue weighted by atomic mass is 10.1. The number of quaternary nitrogens is 1. The van der Waals surface area contributed by atoms with Crippen molar-refractivity contribution in [1.82, 2.24) is 5.32 Å². The van der Waals surface area contributed by atoms with Gasteiger partial charge in [0.05, 0.1) is 39.9 Å². The predicted octanol–water partition coefficient (Wildman–Crippen LogP) is 6.82. The van der Waals surface area contributed by atoms with E-state index >= 15 is 0 Å². The van der Waals surface area contributed by atoms with Crippen molar-refractivity contribution in [2.24, 2.45) is 0 Å². The molecule has 1 amide bonds. The molecule has 0 aromatic heterocycles. The molecule has 41 heavy (non-hydrogen) atoms. The molecule has 0 aliphatic heterocycles. The van der Waals surface area contributed by atoms with Crippen LogP contribution in [0.1, 0.15) is 123 Å². The van der Waals surface area contributed by atoms with E-state index in [1.54, 1.807) is 6.08 Å². The molecule has 0 saturated heterocycles. The quantitative estimate of drug-likeness (QED) is 0.0440. The van der Waals surface area contributed by atoms with E-state index in [-0.39, 0.29) is 19.1 Å². The van der Waals surface area contributed by atoms with Crippen LogP contribution in [0.4, 0.5) is 0 Å². The first-order chi connectivity index (χ1) is 19.5. The maximum absolute atomic E-state index is 12.6. The van der Waals surface area contributed by atoms with Crippen molar-refractivity contribution in [3.63, 3.8) is 0 Å². The largest absolute Gasteiger partial charge is 0.756 e. The molecule has 8 nitrogen and oxygen atoms in total. The topological polar surface area (TPSA) is 108 Å². The predicted molar refractivity (Wildman–Crippen MR) is 168 cm³/mol. The summed E-state index contributed by atoms with van der Waals surface area (Å²) >= 11 is 0. The highest BCUT2D eigenvalue weighted by molar-refractivity contribution is 7.45. The first-order valence-corrected chi connectivity index (χ1v) is 17.7. The fourth-order valence-corrected chi connectivity index (χ4v) is 4.93. The molecule has 3 atom stereocenters. The average molecular weight is 603 g/mol. The zero-order valence-corrected chi connectivity index (χ0v) is 27.9. The normalized spacial score (nSPS) is 15.4. The van der Waals surface area contributed by atoms with E-state index in [1.165, 1.54) is 57.8 Å². The minimum absolute atomic E-state index is 0.00417. The standard InChI is InChI=1S/C32H63N2O6P/c1-6-8-10-11-12-13-14-15-16-17-18-19-20-21-22-24-26-32(36)33-30(31(35)25-23-9-7-2)29-40-41(37,38)39-28-27-34(3,4)5/h16-17,23,25,30-31,35H,6-15,18-22,24,26-29H2,1-5H3,(H-,33,36,37,38)/b17-16-,25-23+. The number of unbranched alkanes of at least 4 members (excludes halogenated alkanes) is 13. The molecule has 0 saturated carbocycles. The van der Waals surface area contributed by atoms with Crippen molar-refractivity contribution in [2.75, 3.05) is 40.9 Å². The number of rotatable bonds is 28. The summed E-state index contributed by atoms with van der Waals surface area (Å²) in [5, 5.41) is 13.3. The van der Waals surface area contributed by atoms with Crippen LogP contribution in [0, 0.1) is 0 Å². The maximum atomic E-state index is 12.6. The monoisotopic (exact) mass is 602 g/mol. The van der Waals surface area contributed by atoms with Crippen molar-refractivity contribution in [2.45, 2.75) is 135 Å². The van der Waals surface area contributed by atoms with Gasteiger partial charge in [-0.3, -0.25) is 9.36 Å². The molecular formula is C32H63N2O6P. The van der Waals surface area contributed by atoms with Gasteiger partial charge in [0.1, 0.15) is 13.2 Å². The molecule has 242 valence electrons. The lowest BCUT2D eigenvalue weighted by molar-refractivity contribution is -0.870. The van der Waals surface area contributed by atoms with Crippen LogP contribution >= 0.6 is 7.82 Å². The molecule has 2 N–H and O–H groups in total. The number of allylic oxidation sites excluding steroid dienone is 3. The first kappa shape index (κ1) is 40.0. The smallest absolute Gasteiger partial charge is 0.268 e. The molecule has 0 fully saturated rings. The third-order valence-corrected chi connectivity index (χ3v) is 7.85. The number of phosphoric ester groups is 1. The highest BCUT2D eigenvalue weighted by Gasteiger charge is 2.23. The summed E-state index contributed by atoms with van der Waals surface area (Å²) in [5.41, 5.74) is 0. The minimum Gasteiger partial charge on any atom is -0.756 e. The van der Waals surface area contributed by atoms with Gasteiger partial charge in [-0.2, -0.15) is 0 Å². The molecular weight excluding hydrogens is 539 g/mol. The number of carbonyl (C=O) groups is 1. The fourth-order valence-electron chi connectivity index (χ4n) is 4.21. The Kier molecular flexibility index (Phi) is 24.8. The SMILES string of the molecule is CCC/C=C/C(O)C(COP(=O)([O-])OCC[N+](C)(C)C)NC(=O)CCCCCCC/C=C\CCCCCCCCC. The van der Waals surface area contributed by atoms with Crippen LogP contribution in [0.2, 0.25) is 0 Å². The van der Waals surface area contributed by atoms with Crippen LogP contribution in [0.3, 0.4) is 0 Å². The number of phosphoric acid groups is 1. The van der Waals surface area contributed by atoms with Crippen molar-refractivity contribution < 1.29 is 32.9 Å². The van der Waals surface area contributed by atoms with E-state index in [4.69, 9.17) is 9.05 Å². The van der Waals surface area contributed by atoms with Crippen molar-refractivity contribution in [3.05, 3.63) is 24.3 Å². The minimum atomic E-state index is -4.55. The van der Waals surface area contributed by atoms with E-state index in [2.05, 4.69) is 24.4 Å². The Hall–Kier alpha value is -1.02. The Labute approximate surface area is 252 Å². The van der Waals surface area contributed by atoms with Gasteiger partial charge in [-0.15, -0.1) is 0 Å². The number of nitrogens with zero attached hydrogens (tertiary/aromatic N) is 1. The molecule has 0 radical (unpaired) electrons. The van der Waals surface area contributed by atoms with Gasteiger partial charge in [-0.25, -0.2) is 0 Å². The van der Waals surface area contributed by atoms with Gasteiger partial charge in [0.25, 0.3) is 7.82 Å². The van der Waals surface area contributed by atoms with Crippen LogP contribution in [-0.4, -0.2) is 68.5 Å². The van der Waals surface area contributed by atoms with Gasteiger partial charge in [0, 0.05) is 6.42 Å². The summed E-state index contributed by atoms with van der Waals surface area (Å²) in [7, 11) is 1.24. The molecule has 0 aromatic carbocycles. The Bertz CT molecular complexity index is 738. The van der Waals surface area contributed by atoms with E-state index in [0.29, 0.717) is 17.4 Å². The highest BCUT2D eigenvalue weighted by Crippen LogP contribution is 2.38. The number of aliphatic hydroxyl groups is 1. The number of nitrogens with one attached hydrogen (secondary N) is 1. The molecule has 0 aliphatic carbocycles. The van der Waals surface area contributed by atoms with Crippen LogP contribution in [0.5, 0.6) is 0 Å². The molecule has 0 aromatic rings. The van der Waals surface area contributed by atoms with Crippen LogP contribution in [0.15, 0.2) is 24.3 Å². The van der Waals surface area contributed by atoms with E-state index in [9.17, 15) is 19.4 Å². The molecule has 0 rings (SSSR count). The second kappa shape index (κ2) is 25.5. The Balaban J connectivity index is 4.24. The third kappa shape index (κ3) is 27.6. The Morgan fingerprint density at radius 2 is 1.39 bits per heavy atom. The van der Waals surface area contributed by atoms with Crippen molar-refractivity contribution in [3.8, 4) is 0 Å². The Morgan fingerprint density at radius 3 is 1.95 bits per heavy atom. The molecule has 3 unspecified atom stereocenters. The number of aliphatic hydroxyl groups excluding tert-OH is 1. The Morgan fingerprint density at radius 1 is 0.829 bits per heavy atom. The maximum Gasteiger partial charge on any atom is 0.268 e. The first-order valence-electron chi connectivity index (χ1n) is 16.2. The zero-order valence-electron chi connectivity index (χ0n) is 27.0. The summed E-state index contributed by atoms with van der Waals surface area (Å²) in [6.07, 6.45) is 25.9. The van der Waals surface area contributed by atoms with Crippen LogP contribution in [0.25, 0.3) is 0 Å². The van der Waals surface area contributed by atoms with Gasteiger partial charge < -0.3 is 28.8 Å². The highest BCUT2D eigenvalue weighted by atomic mass is 31.2. The van der Waals surface area contributed by atoms with Crippen molar-refractivity contribution in [1.29, 1.82) is 0 Å². The molecule has 9 heteroatoms. The van der Waals surface area contributed by atoms with Gasteiger partial charge in [0.2, 0.25) is 5.91 Å². The van der Waals surface area contributed by atoms with Crippen molar-refractivity contribution >= 4 is 13.7 Å². The number of hydrogen-bond donors (Lipinski definition) is 2. The van der Waals surface area contributed by atoms with E-state index < -0.39 is 20.0 Å². The molecule has 0 spiro atoms. The molecule has 0 aliphatic rings. The molecule has 0 heterocycles. The van der Waals surface area contributed by atoms with Gasteiger partial charge in [0.15, 0.2) is 0 Å². The second-order valence-corrected chi connectivity index (χ2v) is 13.6. The van der Waals surface area contributed by atoms with Gasteiger partial charge in [-0.05, 0) is 38.5 Å². The second-order valence-electron chi connectivity index (χ2n) is 12.2. The summed E-state index contributed by atoms with van der Waals surface area (Å²) in [6.45, 7) is 4.38. The van der Waals surface area contributed by atoms with Crippen LogP contribution in [-0.2, 0) is 18.4 Å². The van der Waals surface area contributed by atoms with E-state index in [1.807, 2.05) is 34.1 Å². The van der Waals surface area contributed by atoms with Gasteiger partial charge >= 0.3 is 0 Å². The van der Waals surface area contributed by atoms with E-state index in [0.717, 1.165) is 44.9 Å².